The summed E-state index contributed by atoms with van der Waals surface area (Å²) in [5.74, 6) is -0.851. The van der Waals surface area contributed by atoms with Gasteiger partial charge >= 0.3 is 12.3 Å². The first-order valence-electron chi connectivity index (χ1n) is 12.2. The molecule has 0 spiro atoms. The summed E-state index contributed by atoms with van der Waals surface area (Å²) in [5, 5.41) is 0. The number of ether oxygens (including phenoxy) is 3. The molecule has 8 nitrogen and oxygen atoms in total. The summed E-state index contributed by atoms with van der Waals surface area (Å²) >= 11 is 0. The third-order valence-corrected chi connectivity index (χ3v) is 6.08. The highest BCUT2D eigenvalue weighted by Crippen LogP contribution is 2.39. The maximum atomic E-state index is 15.3. The number of benzene rings is 3. The third-order valence-electron chi connectivity index (χ3n) is 6.08. The number of nitrogens with two attached hydrogens (primary N) is 1. The molecule has 3 aromatic carbocycles. The molecule has 0 bridgehead atoms. The molecule has 0 atom stereocenters. The standard InChI is InChI=1S/C29H22F4N4O4/c1-17-24-26(27(36-16-35-24)40-15-29(31,32)33)37(25(17)19-7-10-21(11-8-19)41-28(34)38)20-9-12-23(22(30)13-20)39-14-18-5-3-2-4-6-18/h2-13,16H,14-15H2,1H3,(H2,34,38). The van der Waals surface area contributed by atoms with Crippen LogP contribution in [0.4, 0.5) is 22.4 Å². The molecule has 2 aromatic heterocycles. The van der Waals surface area contributed by atoms with Crippen molar-refractivity contribution >= 4 is 17.1 Å². The number of rotatable bonds is 8. The van der Waals surface area contributed by atoms with Gasteiger partial charge in [-0.1, -0.05) is 30.3 Å². The van der Waals surface area contributed by atoms with Crippen molar-refractivity contribution in [2.75, 3.05) is 6.61 Å². The number of carbonyl (C=O) groups excluding carboxylic acids is 1. The van der Waals surface area contributed by atoms with Crippen LogP contribution in [0.1, 0.15) is 11.1 Å². The van der Waals surface area contributed by atoms with Crippen LogP contribution >= 0.6 is 0 Å². The third kappa shape index (κ3) is 6.06. The number of primary amides is 1. The van der Waals surface area contributed by atoms with Crippen LogP contribution in [0.2, 0.25) is 0 Å². The smallest absolute Gasteiger partial charge is 0.422 e. The zero-order valence-corrected chi connectivity index (χ0v) is 21.5. The molecule has 2 heterocycles. The number of aromatic nitrogens is 3. The van der Waals surface area contributed by atoms with Gasteiger partial charge in [-0.3, -0.25) is 0 Å². The summed E-state index contributed by atoms with van der Waals surface area (Å²) in [6, 6.07) is 19.6. The Kier molecular flexibility index (Phi) is 7.47. The highest BCUT2D eigenvalue weighted by molar-refractivity contribution is 5.93. The van der Waals surface area contributed by atoms with Crippen LogP contribution in [0.25, 0.3) is 28.0 Å². The van der Waals surface area contributed by atoms with Crippen LogP contribution in [0.3, 0.4) is 0 Å². The van der Waals surface area contributed by atoms with Gasteiger partial charge in [0.1, 0.15) is 24.2 Å². The van der Waals surface area contributed by atoms with Crippen LogP contribution in [0.15, 0.2) is 79.1 Å². The monoisotopic (exact) mass is 566 g/mol. The van der Waals surface area contributed by atoms with Crippen molar-refractivity contribution in [3.63, 3.8) is 0 Å². The van der Waals surface area contributed by atoms with E-state index in [1.807, 2.05) is 30.3 Å². The van der Waals surface area contributed by atoms with E-state index < -0.39 is 24.7 Å². The Bertz CT molecular complexity index is 1700. The fourth-order valence-electron chi connectivity index (χ4n) is 4.37. The number of amides is 1. The second-order valence-electron chi connectivity index (χ2n) is 8.92. The van der Waals surface area contributed by atoms with Gasteiger partial charge < -0.3 is 24.5 Å². The SMILES string of the molecule is Cc1c(-c2ccc(OC(N)=O)cc2)n(-c2ccc(OCc3ccccc3)c(F)c2)c2c(OCC(F)(F)F)ncnc12. The van der Waals surface area contributed by atoms with E-state index in [9.17, 15) is 18.0 Å². The quantitative estimate of drug-likeness (QED) is 0.215. The van der Waals surface area contributed by atoms with E-state index in [2.05, 4.69) is 9.97 Å². The van der Waals surface area contributed by atoms with Gasteiger partial charge in [-0.05, 0) is 54.4 Å². The molecular formula is C29H22F4N4O4. The summed E-state index contributed by atoms with van der Waals surface area (Å²) < 4.78 is 71.6. The number of hydrogen-bond donors (Lipinski definition) is 1. The van der Waals surface area contributed by atoms with E-state index in [4.69, 9.17) is 19.9 Å². The Hall–Kier alpha value is -5.13. The average molecular weight is 567 g/mol. The Labute approximate surface area is 230 Å². The molecule has 0 fully saturated rings. The Balaban J connectivity index is 1.63. The maximum absolute atomic E-state index is 15.3. The maximum Gasteiger partial charge on any atom is 0.422 e. The molecule has 210 valence electrons. The fraction of sp³-hybridized carbons (Fsp3) is 0.138. The zero-order chi connectivity index (χ0) is 29.1. The number of nitrogens with zero attached hydrogens (tertiary/aromatic N) is 3. The molecular weight excluding hydrogens is 544 g/mol. The largest absolute Gasteiger partial charge is 0.486 e. The first-order valence-corrected chi connectivity index (χ1v) is 12.2. The molecule has 0 aliphatic carbocycles. The van der Waals surface area contributed by atoms with Gasteiger partial charge in [-0.15, -0.1) is 0 Å². The van der Waals surface area contributed by atoms with Gasteiger partial charge in [0.2, 0.25) is 5.88 Å². The number of fused-ring (bicyclic) bond motifs is 1. The van der Waals surface area contributed by atoms with E-state index in [0.29, 0.717) is 22.3 Å². The lowest BCUT2D eigenvalue weighted by molar-refractivity contribution is -0.153. The molecule has 2 N–H and O–H groups in total. The van der Waals surface area contributed by atoms with Gasteiger partial charge in [-0.2, -0.15) is 18.2 Å². The second kappa shape index (κ2) is 11.2. The minimum absolute atomic E-state index is 0.00918. The Morgan fingerprint density at radius 1 is 0.976 bits per heavy atom. The predicted octanol–water partition coefficient (Wildman–Crippen LogP) is 6.51. The highest BCUT2D eigenvalue weighted by atomic mass is 19.4. The topological polar surface area (TPSA) is 101 Å². The number of alkyl halides is 3. The van der Waals surface area contributed by atoms with E-state index in [1.165, 1.54) is 28.8 Å². The summed E-state index contributed by atoms with van der Waals surface area (Å²) in [4.78, 5) is 19.4. The van der Waals surface area contributed by atoms with Crippen molar-refractivity contribution in [3.8, 4) is 34.3 Å². The lowest BCUT2D eigenvalue weighted by atomic mass is 10.1. The zero-order valence-electron chi connectivity index (χ0n) is 21.5. The Morgan fingerprint density at radius 3 is 2.37 bits per heavy atom. The van der Waals surface area contributed by atoms with E-state index in [1.54, 1.807) is 25.1 Å². The first-order chi connectivity index (χ1) is 19.6. The van der Waals surface area contributed by atoms with Crippen molar-refractivity contribution in [2.45, 2.75) is 19.7 Å². The van der Waals surface area contributed by atoms with Gasteiger partial charge in [0, 0.05) is 17.3 Å². The van der Waals surface area contributed by atoms with Crippen LogP contribution in [0.5, 0.6) is 17.4 Å². The molecule has 41 heavy (non-hydrogen) atoms. The molecule has 1 amide bonds. The molecule has 5 aromatic rings. The van der Waals surface area contributed by atoms with Gasteiger partial charge in [-0.25, -0.2) is 14.2 Å². The fourth-order valence-corrected chi connectivity index (χ4v) is 4.37. The normalized spacial score (nSPS) is 11.4. The van der Waals surface area contributed by atoms with Gasteiger partial charge in [0.25, 0.3) is 0 Å². The van der Waals surface area contributed by atoms with E-state index >= 15 is 4.39 Å². The number of hydrogen-bond acceptors (Lipinski definition) is 6. The predicted molar refractivity (Wildman–Crippen MR) is 142 cm³/mol. The molecule has 0 aliphatic heterocycles. The van der Waals surface area contributed by atoms with Crippen molar-refractivity contribution in [2.24, 2.45) is 5.73 Å². The molecule has 0 saturated carbocycles. The minimum Gasteiger partial charge on any atom is -0.486 e. The summed E-state index contributed by atoms with van der Waals surface area (Å²) in [7, 11) is 0. The van der Waals surface area contributed by atoms with E-state index in [0.717, 1.165) is 11.9 Å². The van der Waals surface area contributed by atoms with Crippen LogP contribution in [-0.4, -0.2) is 33.4 Å². The lowest BCUT2D eigenvalue weighted by Gasteiger charge is -2.16. The summed E-state index contributed by atoms with van der Waals surface area (Å²) in [6.07, 6.45) is -4.51. The second-order valence-corrected chi connectivity index (χ2v) is 8.92. The van der Waals surface area contributed by atoms with Crippen molar-refractivity contribution in [1.82, 2.24) is 14.5 Å². The summed E-state index contributed by atoms with van der Waals surface area (Å²) in [5.41, 5.74) is 8.19. The number of aryl methyl sites for hydroxylation is 1. The number of carbonyl (C=O) groups is 1. The lowest BCUT2D eigenvalue weighted by Crippen LogP contribution is -2.20. The van der Waals surface area contributed by atoms with Crippen molar-refractivity contribution in [3.05, 3.63) is 96.1 Å². The molecule has 5 rings (SSSR count). The van der Waals surface area contributed by atoms with Gasteiger partial charge in [0.15, 0.2) is 18.2 Å². The molecule has 0 aliphatic rings. The van der Waals surface area contributed by atoms with Crippen LogP contribution < -0.4 is 19.9 Å². The Morgan fingerprint density at radius 2 is 1.71 bits per heavy atom. The van der Waals surface area contributed by atoms with Crippen LogP contribution in [0, 0.1) is 12.7 Å². The first kappa shape index (κ1) is 27.4. The van der Waals surface area contributed by atoms with Gasteiger partial charge in [0.05, 0.1) is 11.2 Å². The van der Waals surface area contributed by atoms with E-state index in [-0.39, 0.29) is 35.2 Å². The molecule has 0 unspecified atom stereocenters. The molecule has 0 saturated heterocycles. The highest BCUT2D eigenvalue weighted by Gasteiger charge is 2.30. The summed E-state index contributed by atoms with van der Waals surface area (Å²) in [6.45, 7) is 0.269. The van der Waals surface area contributed by atoms with Crippen molar-refractivity contribution < 1.29 is 36.6 Å². The number of halogens is 4. The van der Waals surface area contributed by atoms with Crippen LogP contribution in [-0.2, 0) is 6.61 Å². The van der Waals surface area contributed by atoms with Crippen molar-refractivity contribution in [1.29, 1.82) is 0 Å². The molecule has 12 heteroatoms. The molecule has 0 radical (unpaired) electrons. The average Bonchev–Trinajstić information content (AvgIpc) is 3.24. The minimum atomic E-state index is -4.62.